The molecule has 0 aliphatic carbocycles. The SMILES string of the molecule is CCOCCCNC(=NCc1csc(C)n1)NC(C)CC.I. The molecule has 0 spiro atoms. The van der Waals surface area contributed by atoms with Gasteiger partial charge in [-0.25, -0.2) is 9.98 Å². The molecule has 1 heterocycles. The van der Waals surface area contributed by atoms with Gasteiger partial charge in [0.25, 0.3) is 0 Å². The quantitative estimate of drug-likeness (QED) is 0.268. The lowest BCUT2D eigenvalue weighted by Gasteiger charge is -2.17. The van der Waals surface area contributed by atoms with Gasteiger partial charge in [-0.3, -0.25) is 0 Å². The van der Waals surface area contributed by atoms with Gasteiger partial charge < -0.3 is 15.4 Å². The molecule has 0 amide bonds. The maximum absolute atomic E-state index is 5.34. The Balaban J connectivity index is 0.00000441. The number of nitrogens with zero attached hydrogens (tertiary/aromatic N) is 2. The summed E-state index contributed by atoms with van der Waals surface area (Å²) in [4.78, 5) is 9.05. The van der Waals surface area contributed by atoms with Crippen molar-refractivity contribution in [2.75, 3.05) is 19.8 Å². The smallest absolute Gasteiger partial charge is 0.191 e. The molecular formula is C15H29IN4OS. The van der Waals surface area contributed by atoms with Crippen molar-refractivity contribution in [1.29, 1.82) is 0 Å². The summed E-state index contributed by atoms with van der Waals surface area (Å²) in [7, 11) is 0. The maximum atomic E-state index is 5.34. The van der Waals surface area contributed by atoms with Gasteiger partial charge in [0, 0.05) is 31.2 Å². The molecule has 22 heavy (non-hydrogen) atoms. The van der Waals surface area contributed by atoms with Gasteiger partial charge in [-0.15, -0.1) is 35.3 Å². The van der Waals surface area contributed by atoms with Crippen LogP contribution in [0.25, 0.3) is 0 Å². The number of nitrogens with one attached hydrogen (secondary N) is 2. The summed E-state index contributed by atoms with van der Waals surface area (Å²) in [6, 6.07) is 0.403. The van der Waals surface area contributed by atoms with E-state index >= 15 is 0 Å². The molecule has 0 aromatic carbocycles. The van der Waals surface area contributed by atoms with Crippen LogP contribution >= 0.6 is 35.3 Å². The van der Waals surface area contributed by atoms with Crippen molar-refractivity contribution in [1.82, 2.24) is 15.6 Å². The van der Waals surface area contributed by atoms with E-state index < -0.39 is 0 Å². The molecule has 0 fully saturated rings. The maximum Gasteiger partial charge on any atom is 0.191 e. The number of hydrogen-bond acceptors (Lipinski definition) is 4. The zero-order valence-electron chi connectivity index (χ0n) is 14.0. The van der Waals surface area contributed by atoms with Crippen molar-refractivity contribution < 1.29 is 4.74 Å². The topological polar surface area (TPSA) is 58.5 Å². The fraction of sp³-hybridized carbons (Fsp3) is 0.733. The number of aromatic nitrogens is 1. The number of rotatable bonds is 9. The lowest BCUT2D eigenvalue weighted by Crippen LogP contribution is -2.42. The van der Waals surface area contributed by atoms with E-state index in [9.17, 15) is 0 Å². The van der Waals surface area contributed by atoms with E-state index in [0.717, 1.165) is 49.3 Å². The highest BCUT2D eigenvalue weighted by Crippen LogP contribution is 2.08. The molecule has 0 bridgehead atoms. The molecule has 0 saturated carbocycles. The number of guanidine groups is 1. The lowest BCUT2D eigenvalue weighted by atomic mass is 10.3. The standard InChI is InChI=1S/C15H28N4OS.HI/c1-5-12(3)18-15(16-8-7-9-20-6-2)17-10-14-11-21-13(4)19-14;/h11-12H,5-10H2,1-4H3,(H2,16,17,18);1H. The number of aryl methyl sites for hydroxylation is 1. The van der Waals surface area contributed by atoms with E-state index in [-0.39, 0.29) is 24.0 Å². The molecule has 0 saturated heterocycles. The first-order valence-corrected chi connectivity index (χ1v) is 8.57. The third kappa shape index (κ3) is 9.58. The molecule has 128 valence electrons. The van der Waals surface area contributed by atoms with Crippen LogP contribution in [-0.2, 0) is 11.3 Å². The highest BCUT2D eigenvalue weighted by atomic mass is 127. The molecule has 0 aliphatic rings. The van der Waals surface area contributed by atoms with E-state index in [1.165, 1.54) is 0 Å². The van der Waals surface area contributed by atoms with E-state index in [1.54, 1.807) is 11.3 Å². The number of ether oxygens (including phenoxy) is 1. The van der Waals surface area contributed by atoms with Gasteiger partial charge in [0.2, 0.25) is 0 Å². The molecule has 1 aromatic heterocycles. The van der Waals surface area contributed by atoms with Crippen LogP contribution in [0.3, 0.4) is 0 Å². The Morgan fingerprint density at radius 1 is 1.45 bits per heavy atom. The summed E-state index contributed by atoms with van der Waals surface area (Å²) in [5, 5.41) is 9.91. The van der Waals surface area contributed by atoms with Crippen LogP contribution in [0.4, 0.5) is 0 Å². The highest BCUT2D eigenvalue weighted by Gasteiger charge is 2.04. The van der Waals surface area contributed by atoms with Gasteiger partial charge in [0.1, 0.15) is 0 Å². The minimum absolute atomic E-state index is 0. The zero-order chi connectivity index (χ0) is 15.5. The first-order valence-electron chi connectivity index (χ1n) is 7.69. The third-order valence-electron chi connectivity index (χ3n) is 3.02. The highest BCUT2D eigenvalue weighted by molar-refractivity contribution is 14.0. The van der Waals surface area contributed by atoms with Crippen LogP contribution in [0.15, 0.2) is 10.4 Å². The number of halogens is 1. The second kappa shape index (κ2) is 13.1. The van der Waals surface area contributed by atoms with Crippen LogP contribution < -0.4 is 10.6 Å². The van der Waals surface area contributed by atoms with E-state index in [2.05, 4.69) is 39.8 Å². The first-order chi connectivity index (χ1) is 10.2. The van der Waals surface area contributed by atoms with Gasteiger partial charge in [-0.1, -0.05) is 6.92 Å². The molecule has 5 nitrogen and oxygen atoms in total. The molecule has 1 aromatic rings. The van der Waals surface area contributed by atoms with E-state index in [1.807, 2.05) is 13.8 Å². The van der Waals surface area contributed by atoms with Crippen LogP contribution in [0.5, 0.6) is 0 Å². The van der Waals surface area contributed by atoms with Gasteiger partial charge in [0.05, 0.1) is 17.2 Å². The molecule has 1 rings (SSSR count). The summed E-state index contributed by atoms with van der Waals surface area (Å²) < 4.78 is 5.34. The van der Waals surface area contributed by atoms with Crippen LogP contribution in [0, 0.1) is 6.92 Å². The monoisotopic (exact) mass is 440 g/mol. The summed E-state index contributed by atoms with van der Waals surface area (Å²) in [5.74, 6) is 0.853. The Hall–Kier alpha value is -0.410. The summed E-state index contributed by atoms with van der Waals surface area (Å²) >= 11 is 1.66. The van der Waals surface area contributed by atoms with Crippen LogP contribution in [-0.4, -0.2) is 36.7 Å². The predicted molar refractivity (Wildman–Crippen MR) is 105 cm³/mol. The van der Waals surface area contributed by atoms with Gasteiger partial charge in [-0.2, -0.15) is 0 Å². The van der Waals surface area contributed by atoms with Gasteiger partial charge in [-0.05, 0) is 33.6 Å². The van der Waals surface area contributed by atoms with Crippen LogP contribution in [0.2, 0.25) is 0 Å². The minimum atomic E-state index is 0. The van der Waals surface area contributed by atoms with E-state index in [4.69, 9.17) is 4.74 Å². The molecule has 7 heteroatoms. The molecule has 0 aliphatic heterocycles. The van der Waals surface area contributed by atoms with Crippen molar-refractivity contribution in [3.05, 3.63) is 16.1 Å². The van der Waals surface area contributed by atoms with Gasteiger partial charge >= 0.3 is 0 Å². The number of aliphatic imine (C=N–C) groups is 1. The first kappa shape index (κ1) is 21.6. The summed E-state index contributed by atoms with van der Waals surface area (Å²) in [5.41, 5.74) is 1.03. The summed E-state index contributed by atoms with van der Waals surface area (Å²) in [6.45, 7) is 11.4. The number of hydrogen-bond donors (Lipinski definition) is 2. The third-order valence-corrected chi connectivity index (χ3v) is 3.85. The Kier molecular flexibility index (Phi) is 12.8. The normalized spacial score (nSPS) is 12.6. The molecule has 1 atom stereocenters. The average molecular weight is 440 g/mol. The Morgan fingerprint density at radius 3 is 2.82 bits per heavy atom. The van der Waals surface area contributed by atoms with Crippen molar-refractivity contribution in [3.63, 3.8) is 0 Å². The fourth-order valence-electron chi connectivity index (χ4n) is 1.65. The van der Waals surface area contributed by atoms with Crippen molar-refractivity contribution >= 4 is 41.3 Å². The van der Waals surface area contributed by atoms with Crippen molar-refractivity contribution in [2.45, 2.75) is 53.1 Å². The molecule has 0 radical (unpaired) electrons. The Morgan fingerprint density at radius 2 is 2.23 bits per heavy atom. The lowest BCUT2D eigenvalue weighted by molar-refractivity contribution is 0.145. The van der Waals surface area contributed by atoms with E-state index in [0.29, 0.717) is 12.6 Å². The average Bonchev–Trinajstić information content (AvgIpc) is 2.89. The largest absolute Gasteiger partial charge is 0.382 e. The number of thiazole rings is 1. The second-order valence-electron chi connectivity index (χ2n) is 4.95. The second-order valence-corrected chi connectivity index (χ2v) is 6.02. The van der Waals surface area contributed by atoms with Crippen molar-refractivity contribution in [2.24, 2.45) is 4.99 Å². The Labute approximate surface area is 155 Å². The fourth-order valence-corrected chi connectivity index (χ4v) is 2.26. The van der Waals surface area contributed by atoms with Crippen molar-refractivity contribution in [3.8, 4) is 0 Å². The molecule has 2 N–H and O–H groups in total. The Bertz CT molecular complexity index is 425. The summed E-state index contributed by atoms with van der Waals surface area (Å²) in [6.07, 6.45) is 2.04. The molecular weight excluding hydrogens is 411 g/mol. The minimum Gasteiger partial charge on any atom is -0.382 e. The predicted octanol–water partition coefficient (Wildman–Crippen LogP) is 3.33. The molecule has 1 unspecified atom stereocenters. The van der Waals surface area contributed by atoms with Gasteiger partial charge in [0.15, 0.2) is 5.96 Å². The zero-order valence-corrected chi connectivity index (χ0v) is 17.2. The van der Waals surface area contributed by atoms with Crippen LogP contribution in [0.1, 0.15) is 44.3 Å².